The summed E-state index contributed by atoms with van der Waals surface area (Å²) in [5.74, 6) is 0.549. The van der Waals surface area contributed by atoms with Crippen LogP contribution in [0.4, 0.5) is 0 Å². The zero-order valence-corrected chi connectivity index (χ0v) is 13.2. The Kier molecular flexibility index (Phi) is 5.57. The first-order valence-corrected chi connectivity index (χ1v) is 7.48. The number of aliphatic hydroxyl groups is 1. The van der Waals surface area contributed by atoms with Crippen LogP contribution < -0.4 is 10.4 Å². The van der Waals surface area contributed by atoms with Gasteiger partial charge in [0.25, 0.3) is 0 Å². The molecular weight excluding hydrogens is 284 g/mol. The van der Waals surface area contributed by atoms with E-state index >= 15 is 0 Å². The maximum absolute atomic E-state index is 11.5. The zero-order chi connectivity index (χ0) is 16.1. The predicted octanol–water partition coefficient (Wildman–Crippen LogP) is 2.52. The Morgan fingerprint density at radius 2 is 2.00 bits per heavy atom. The van der Waals surface area contributed by atoms with Gasteiger partial charge in [0.2, 0.25) is 0 Å². The van der Waals surface area contributed by atoms with Gasteiger partial charge in [-0.2, -0.15) is 0 Å². The molecule has 2 aromatic rings. The van der Waals surface area contributed by atoms with Crippen molar-refractivity contribution in [2.45, 2.75) is 39.4 Å². The molecule has 120 valence electrons. The molecule has 5 nitrogen and oxygen atoms in total. The van der Waals surface area contributed by atoms with Crippen LogP contribution >= 0.6 is 0 Å². The lowest BCUT2D eigenvalue weighted by molar-refractivity contribution is -0.0122. The van der Waals surface area contributed by atoms with E-state index in [0.717, 1.165) is 17.4 Å². The number of hydrogen-bond acceptors (Lipinski definition) is 5. The first kappa shape index (κ1) is 16.5. The highest BCUT2D eigenvalue weighted by Gasteiger charge is 2.09. The summed E-state index contributed by atoms with van der Waals surface area (Å²) in [7, 11) is 0. The largest absolute Gasteiger partial charge is 0.491 e. The normalized spacial score (nSPS) is 12.8. The number of hydrogen-bond donors (Lipinski definition) is 1. The van der Waals surface area contributed by atoms with Crippen molar-refractivity contribution in [2.24, 2.45) is 0 Å². The third-order valence-electron chi connectivity index (χ3n) is 3.25. The summed E-state index contributed by atoms with van der Waals surface area (Å²) in [5, 5.41) is 10.7. The maximum atomic E-state index is 11.5. The van der Waals surface area contributed by atoms with Gasteiger partial charge in [0.1, 0.15) is 24.0 Å². The smallest absolute Gasteiger partial charge is 0.336 e. The molecule has 0 aliphatic heterocycles. The lowest BCUT2D eigenvalue weighted by Gasteiger charge is -2.14. The van der Waals surface area contributed by atoms with Gasteiger partial charge in [-0.1, -0.05) is 6.92 Å². The molecule has 0 bridgehead atoms. The fourth-order valence-electron chi connectivity index (χ4n) is 2.14. The van der Waals surface area contributed by atoms with Gasteiger partial charge in [-0.15, -0.1) is 0 Å². The number of fused-ring (bicyclic) bond motifs is 1. The molecule has 5 heteroatoms. The summed E-state index contributed by atoms with van der Waals surface area (Å²) in [4.78, 5) is 11.5. The third kappa shape index (κ3) is 4.32. The van der Waals surface area contributed by atoms with Gasteiger partial charge in [0.05, 0.1) is 12.7 Å². The molecule has 0 saturated heterocycles. The lowest BCUT2D eigenvalue weighted by atomic mass is 10.1. The minimum Gasteiger partial charge on any atom is -0.491 e. The third-order valence-corrected chi connectivity index (χ3v) is 3.25. The summed E-state index contributed by atoms with van der Waals surface area (Å²) in [5.41, 5.74) is 1.07. The minimum atomic E-state index is -0.702. The number of ether oxygens (including phenoxy) is 2. The summed E-state index contributed by atoms with van der Waals surface area (Å²) >= 11 is 0. The Bertz CT molecular complexity index is 674. The second-order valence-corrected chi connectivity index (χ2v) is 5.45. The van der Waals surface area contributed by atoms with Gasteiger partial charge in [0.15, 0.2) is 0 Å². The molecule has 0 amide bonds. The summed E-state index contributed by atoms with van der Waals surface area (Å²) < 4.78 is 16.1. The molecule has 0 fully saturated rings. The zero-order valence-electron chi connectivity index (χ0n) is 13.2. The van der Waals surface area contributed by atoms with Crippen LogP contribution in [0, 0.1) is 0 Å². The summed E-state index contributed by atoms with van der Waals surface area (Å²) in [6.45, 7) is 6.15. The van der Waals surface area contributed by atoms with Crippen LogP contribution in [0.15, 0.2) is 33.5 Å². The number of benzene rings is 1. The van der Waals surface area contributed by atoms with E-state index in [1.54, 1.807) is 12.1 Å². The standard InChI is InChI=1S/C17H22O5/c1-4-12-7-17(19)22-16-8-14(5-6-15(12)16)21-10-13(18)9-20-11(2)3/h5-8,11,13,18H,4,9-10H2,1-3H3. The van der Waals surface area contributed by atoms with Crippen molar-refractivity contribution < 1.29 is 19.0 Å². The van der Waals surface area contributed by atoms with E-state index in [9.17, 15) is 9.90 Å². The fourth-order valence-corrected chi connectivity index (χ4v) is 2.14. The van der Waals surface area contributed by atoms with Crippen molar-refractivity contribution in [3.05, 3.63) is 40.2 Å². The molecule has 0 spiro atoms. The van der Waals surface area contributed by atoms with E-state index in [-0.39, 0.29) is 24.9 Å². The Labute approximate surface area is 129 Å². The van der Waals surface area contributed by atoms with Crippen LogP contribution in [0.3, 0.4) is 0 Å². The second kappa shape index (κ2) is 7.42. The van der Waals surface area contributed by atoms with E-state index in [1.165, 1.54) is 6.07 Å². The number of aliphatic hydroxyl groups excluding tert-OH is 1. The predicted molar refractivity (Wildman–Crippen MR) is 84.5 cm³/mol. The lowest BCUT2D eigenvalue weighted by Crippen LogP contribution is -2.25. The van der Waals surface area contributed by atoms with Crippen molar-refractivity contribution in [2.75, 3.05) is 13.2 Å². The van der Waals surface area contributed by atoms with E-state index in [2.05, 4.69) is 0 Å². The van der Waals surface area contributed by atoms with Gasteiger partial charge in [-0.05, 0) is 38.0 Å². The maximum Gasteiger partial charge on any atom is 0.336 e. The molecule has 0 aliphatic rings. The van der Waals surface area contributed by atoms with E-state index in [1.807, 2.05) is 26.8 Å². The molecule has 1 aromatic carbocycles. The van der Waals surface area contributed by atoms with Crippen LogP contribution in [0.25, 0.3) is 11.0 Å². The van der Waals surface area contributed by atoms with E-state index in [4.69, 9.17) is 13.9 Å². The van der Waals surface area contributed by atoms with E-state index in [0.29, 0.717) is 11.3 Å². The molecule has 0 radical (unpaired) electrons. The van der Waals surface area contributed by atoms with E-state index < -0.39 is 6.10 Å². The van der Waals surface area contributed by atoms with Gasteiger partial charge in [-0.3, -0.25) is 0 Å². The highest BCUT2D eigenvalue weighted by atomic mass is 16.5. The van der Waals surface area contributed by atoms with Gasteiger partial charge >= 0.3 is 5.63 Å². The average molecular weight is 306 g/mol. The molecule has 1 heterocycles. The first-order chi connectivity index (χ1) is 10.5. The highest BCUT2D eigenvalue weighted by molar-refractivity contribution is 5.81. The number of aryl methyl sites for hydroxylation is 1. The van der Waals surface area contributed by atoms with Gasteiger partial charge in [0, 0.05) is 17.5 Å². The van der Waals surface area contributed by atoms with Crippen molar-refractivity contribution in [1.29, 1.82) is 0 Å². The topological polar surface area (TPSA) is 68.9 Å². The monoisotopic (exact) mass is 306 g/mol. The molecule has 1 atom stereocenters. The Balaban J connectivity index is 2.08. The minimum absolute atomic E-state index is 0.0667. The molecular formula is C17H22O5. The molecule has 1 N–H and O–H groups in total. The fraction of sp³-hybridized carbons (Fsp3) is 0.471. The SMILES string of the molecule is CCc1cc(=O)oc2cc(OCC(O)COC(C)C)ccc12. The molecule has 0 saturated carbocycles. The van der Waals surface area contributed by atoms with Crippen molar-refractivity contribution in [1.82, 2.24) is 0 Å². The summed E-state index contributed by atoms with van der Waals surface area (Å²) in [6, 6.07) is 6.85. The quantitative estimate of drug-likeness (QED) is 0.796. The summed E-state index contributed by atoms with van der Waals surface area (Å²) in [6.07, 6.45) is 0.122. The van der Waals surface area contributed by atoms with Crippen LogP contribution in [0.2, 0.25) is 0 Å². The Morgan fingerprint density at radius 1 is 1.23 bits per heavy atom. The average Bonchev–Trinajstić information content (AvgIpc) is 2.49. The van der Waals surface area contributed by atoms with Crippen molar-refractivity contribution >= 4 is 11.0 Å². The van der Waals surface area contributed by atoms with Crippen LogP contribution in [-0.4, -0.2) is 30.5 Å². The molecule has 1 unspecified atom stereocenters. The van der Waals surface area contributed by atoms with Crippen LogP contribution in [-0.2, 0) is 11.2 Å². The van der Waals surface area contributed by atoms with Crippen molar-refractivity contribution in [3.8, 4) is 5.75 Å². The molecule has 22 heavy (non-hydrogen) atoms. The highest BCUT2D eigenvalue weighted by Crippen LogP contribution is 2.23. The second-order valence-electron chi connectivity index (χ2n) is 5.45. The van der Waals surface area contributed by atoms with Gasteiger partial charge < -0.3 is 19.0 Å². The Hall–Kier alpha value is -1.85. The van der Waals surface area contributed by atoms with Crippen molar-refractivity contribution in [3.63, 3.8) is 0 Å². The van der Waals surface area contributed by atoms with Gasteiger partial charge in [-0.25, -0.2) is 4.79 Å². The first-order valence-electron chi connectivity index (χ1n) is 7.48. The van der Waals surface area contributed by atoms with Crippen LogP contribution in [0.1, 0.15) is 26.3 Å². The van der Waals surface area contributed by atoms with Crippen LogP contribution in [0.5, 0.6) is 5.75 Å². The molecule has 2 rings (SSSR count). The Morgan fingerprint density at radius 3 is 2.68 bits per heavy atom. The molecule has 0 aliphatic carbocycles. The molecule has 1 aromatic heterocycles. The number of rotatable bonds is 7.